The number of benzene rings is 3. The molecule has 0 aromatic heterocycles. The molecule has 0 spiro atoms. The first kappa shape index (κ1) is 22.0. The van der Waals surface area contributed by atoms with Gasteiger partial charge in [-0.3, -0.25) is 0 Å². The first-order valence-corrected chi connectivity index (χ1v) is 11.6. The van der Waals surface area contributed by atoms with Gasteiger partial charge in [-0.05, 0) is 67.5 Å². The Kier molecular flexibility index (Phi) is 6.27. The van der Waals surface area contributed by atoms with Gasteiger partial charge in [-0.1, -0.05) is 73.9 Å². The standard InChI is InChI=1S/C29H33NO2/c1-5-6-7-11-21-17-26(31)28(23-15-19(4)13-14-22(23)18(2)3)29(32)27(21)25-16-20-10-8-9-12-24(20)30-25/h8-10,12-15,17,25,30-32H,2,5-7,11,16H2,1,3-4H3. The summed E-state index contributed by atoms with van der Waals surface area (Å²) in [5.74, 6) is 0.302. The second-order valence-electron chi connectivity index (χ2n) is 9.04. The molecule has 0 saturated heterocycles. The fourth-order valence-electron chi connectivity index (χ4n) is 4.86. The van der Waals surface area contributed by atoms with Crippen molar-refractivity contribution in [1.82, 2.24) is 0 Å². The number of phenolic OH excluding ortho intramolecular Hbond substituents is 2. The van der Waals surface area contributed by atoms with Gasteiger partial charge in [0.1, 0.15) is 11.5 Å². The zero-order valence-corrected chi connectivity index (χ0v) is 19.3. The van der Waals surface area contributed by atoms with E-state index in [4.69, 9.17) is 0 Å². The van der Waals surface area contributed by atoms with E-state index in [-0.39, 0.29) is 17.5 Å². The number of rotatable bonds is 7. The Morgan fingerprint density at radius 3 is 2.59 bits per heavy atom. The number of fused-ring (bicyclic) bond motifs is 1. The van der Waals surface area contributed by atoms with Crippen LogP contribution in [0.5, 0.6) is 11.5 Å². The van der Waals surface area contributed by atoms with Crippen molar-refractivity contribution in [2.24, 2.45) is 0 Å². The highest BCUT2D eigenvalue weighted by Gasteiger charge is 2.30. The topological polar surface area (TPSA) is 52.5 Å². The molecule has 0 aliphatic carbocycles. The Morgan fingerprint density at radius 2 is 1.88 bits per heavy atom. The first-order valence-electron chi connectivity index (χ1n) is 11.6. The van der Waals surface area contributed by atoms with E-state index in [0.717, 1.165) is 71.2 Å². The van der Waals surface area contributed by atoms with Gasteiger partial charge in [-0.2, -0.15) is 0 Å². The van der Waals surface area contributed by atoms with Gasteiger partial charge in [0, 0.05) is 11.3 Å². The lowest BCUT2D eigenvalue weighted by molar-refractivity contribution is 0.445. The van der Waals surface area contributed by atoms with Crippen LogP contribution < -0.4 is 5.32 Å². The predicted molar refractivity (Wildman–Crippen MR) is 134 cm³/mol. The summed E-state index contributed by atoms with van der Waals surface area (Å²) in [5.41, 5.74) is 8.53. The van der Waals surface area contributed by atoms with Crippen LogP contribution >= 0.6 is 0 Å². The van der Waals surface area contributed by atoms with Crippen molar-refractivity contribution >= 4 is 11.3 Å². The molecule has 1 heterocycles. The zero-order valence-electron chi connectivity index (χ0n) is 19.3. The number of phenols is 2. The van der Waals surface area contributed by atoms with Crippen molar-refractivity contribution in [1.29, 1.82) is 0 Å². The number of anilines is 1. The van der Waals surface area contributed by atoms with E-state index in [2.05, 4.69) is 37.0 Å². The molecule has 0 radical (unpaired) electrons. The van der Waals surface area contributed by atoms with Gasteiger partial charge in [0.2, 0.25) is 0 Å². The molecule has 1 aliphatic rings. The molecule has 3 aromatic rings. The molecule has 1 unspecified atom stereocenters. The maximum Gasteiger partial charge on any atom is 0.132 e. The van der Waals surface area contributed by atoms with Crippen molar-refractivity contribution in [3.63, 3.8) is 0 Å². The third-order valence-corrected chi connectivity index (χ3v) is 6.48. The van der Waals surface area contributed by atoms with Gasteiger partial charge >= 0.3 is 0 Å². The SMILES string of the molecule is C=C(C)c1ccc(C)cc1-c1c(O)cc(CCCCC)c(C2Cc3ccccc3N2)c1O. The van der Waals surface area contributed by atoms with Crippen molar-refractivity contribution in [3.05, 3.63) is 82.9 Å². The number of unbranched alkanes of at least 4 members (excludes halogenated alkanes) is 2. The van der Waals surface area contributed by atoms with Crippen LogP contribution in [0.3, 0.4) is 0 Å². The number of hydrogen-bond acceptors (Lipinski definition) is 3. The number of aromatic hydroxyl groups is 2. The molecular weight excluding hydrogens is 394 g/mol. The molecule has 166 valence electrons. The molecule has 3 N–H and O–H groups in total. The van der Waals surface area contributed by atoms with Crippen LogP contribution in [-0.2, 0) is 12.8 Å². The first-order chi connectivity index (χ1) is 15.4. The lowest BCUT2D eigenvalue weighted by Crippen LogP contribution is -2.10. The van der Waals surface area contributed by atoms with E-state index in [0.29, 0.717) is 5.56 Å². The minimum atomic E-state index is -0.0264. The van der Waals surface area contributed by atoms with Gasteiger partial charge in [0.05, 0.1) is 11.6 Å². The minimum Gasteiger partial charge on any atom is -0.507 e. The average molecular weight is 428 g/mol. The summed E-state index contributed by atoms with van der Waals surface area (Å²) in [6.07, 6.45) is 4.93. The molecule has 0 bridgehead atoms. The average Bonchev–Trinajstić information content (AvgIpc) is 3.17. The number of para-hydroxylation sites is 1. The van der Waals surface area contributed by atoms with Gasteiger partial charge < -0.3 is 15.5 Å². The van der Waals surface area contributed by atoms with Crippen LogP contribution in [0.4, 0.5) is 5.69 Å². The van der Waals surface area contributed by atoms with E-state index < -0.39 is 0 Å². The molecule has 3 heteroatoms. The molecule has 3 nitrogen and oxygen atoms in total. The van der Waals surface area contributed by atoms with Crippen LogP contribution in [0.15, 0.2) is 55.1 Å². The van der Waals surface area contributed by atoms with Gasteiger partial charge in [0.15, 0.2) is 0 Å². The molecule has 0 amide bonds. The molecule has 3 aromatic carbocycles. The monoisotopic (exact) mass is 427 g/mol. The number of allylic oxidation sites excluding steroid dienone is 1. The summed E-state index contributed by atoms with van der Waals surface area (Å²) >= 11 is 0. The highest BCUT2D eigenvalue weighted by Crippen LogP contribution is 2.48. The van der Waals surface area contributed by atoms with Crippen LogP contribution in [0.25, 0.3) is 16.7 Å². The van der Waals surface area contributed by atoms with Crippen LogP contribution in [0.1, 0.15) is 67.0 Å². The molecule has 1 atom stereocenters. The number of hydrogen-bond donors (Lipinski definition) is 3. The molecule has 1 aliphatic heterocycles. The second-order valence-corrected chi connectivity index (χ2v) is 9.04. The molecule has 0 saturated carbocycles. The Hall–Kier alpha value is -3.20. The van der Waals surface area contributed by atoms with Crippen molar-refractivity contribution in [2.75, 3.05) is 5.32 Å². The quantitative estimate of drug-likeness (QED) is 0.341. The van der Waals surface area contributed by atoms with Crippen molar-refractivity contribution in [2.45, 2.75) is 58.9 Å². The third-order valence-electron chi connectivity index (χ3n) is 6.48. The van der Waals surface area contributed by atoms with E-state index >= 15 is 0 Å². The highest BCUT2D eigenvalue weighted by atomic mass is 16.3. The van der Waals surface area contributed by atoms with Crippen LogP contribution in [0.2, 0.25) is 0 Å². The highest BCUT2D eigenvalue weighted by molar-refractivity contribution is 5.87. The summed E-state index contributed by atoms with van der Waals surface area (Å²) < 4.78 is 0. The predicted octanol–water partition coefficient (Wildman–Crippen LogP) is 7.55. The van der Waals surface area contributed by atoms with E-state index in [9.17, 15) is 10.2 Å². The van der Waals surface area contributed by atoms with Crippen LogP contribution in [0, 0.1) is 6.92 Å². The largest absolute Gasteiger partial charge is 0.507 e. The van der Waals surface area contributed by atoms with Crippen molar-refractivity contribution in [3.8, 4) is 22.6 Å². The lowest BCUT2D eigenvalue weighted by atomic mass is 9.86. The third kappa shape index (κ3) is 4.12. The fraction of sp³-hybridized carbons (Fsp3) is 0.310. The van der Waals surface area contributed by atoms with Crippen LogP contribution in [-0.4, -0.2) is 10.2 Å². The second kappa shape index (κ2) is 9.12. The summed E-state index contributed by atoms with van der Waals surface area (Å²) in [5, 5.41) is 26.4. The van der Waals surface area contributed by atoms with E-state index in [1.54, 1.807) is 0 Å². The van der Waals surface area contributed by atoms with E-state index in [1.807, 2.05) is 44.2 Å². The maximum atomic E-state index is 11.7. The zero-order chi connectivity index (χ0) is 22.8. The number of nitrogens with one attached hydrogen (secondary N) is 1. The summed E-state index contributed by atoms with van der Waals surface area (Å²) in [6.45, 7) is 10.3. The van der Waals surface area contributed by atoms with Crippen molar-refractivity contribution < 1.29 is 10.2 Å². The summed E-state index contributed by atoms with van der Waals surface area (Å²) in [7, 11) is 0. The molecular formula is C29H33NO2. The minimum absolute atomic E-state index is 0.0264. The normalized spacial score (nSPS) is 14.8. The lowest BCUT2D eigenvalue weighted by Gasteiger charge is -2.23. The smallest absolute Gasteiger partial charge is 0.132 e. The van der Waals surface area contributed by atoms with E-state index in [1.165, 1.54) is 5.56 Å². The van der Waals surface area contributed by atoms with Gasteiger partial charge in [-0.25, -0.2) is 0 Å². The summed E-state index contributed by atoms with van der Waals surface area (Å²) in [4.78, 5) is 0. The Bertz CT molecular complexity index is 1140. The van der Waals surface area contributed by atoms with Gasteiger partial charge in [-0.15, -0.1) is 0 Å². The molecule has 0 fully saturated rings. The molecule has 4 rings (SSSR count). The Labute approximate surface area is 191 Å². The number of aryl methyl sites for hydroxylation is 2. The summed E-state index contributed by atoms with van der Waals surface area (Å²) in [6, 6.07) is 16.2. The Balaban J connectivity index is 1.88. The maximum absolute atomic E-state index is 11.7. The fourth-order valence-corrected chi connectivity index (χ4v) is 4.86. The Morgan fingerprint density at radius 1 is 1.09 bits per heavy atom. The molecule has 32 heavy (non-hydrogen) atoms. The van der Waals surface area contributed by atoms with Gasteiger partial charge in [0.25, 0.3) is 0 Å².